The fraction of sp³-hybridized carbons (Fsp3) is 0.238. The smallest absolute Gasteiger partial charge is 0.259 e. The summed E-state index contributed by atoms with van der Waals surface area (Å²) in [5.74, 6) is 0.633. The summed E-state index contributed by atoms with van der Waals surface area (Å²) in [5.41, 5.74) is 1.96. The molecule has 2 aromatic heterocycles. The normalized spacial score (nSPS) is 11.3. The van der Waals surface area contributed by atoms with Crippen molar-refractivity contribution in [2.75, 3.05) is 4.90 Å². The maximum absolute atomic E-state index is 13.1. The Bertz CT molecular complexity index is 819. The maximum Gasteiger partial charge on any atom is 0.259 e. The molecule has 25 heavy (non-hydrogen) atoms. The molecule has 4 heteroatoms. The molecule has 128 valence electrons. The molecular weight excluding hydrogens is 328 g/mol. The van der Waals surface area contributed by atoms with Gasteiger partial charge in [-0.3, -0.25) is 9.69 Å². The van der Waals surface area contributed by atoms with E-state index in [0.29, 0.717) is 17.9 Å². The van der Waals surface area contributed by atoms with Gasteiger partial charge in [-0.1, -0.05) is 45.0 Å². The van der Waals surface area contributed by atoms with Crippen molar-refractivity contribution in [3.05, 3.63) is 82.2 Å². The third kappa shape index (κ3) is 4.15. The molecule has 0 bridgehead atoms. The van der Waals surface area contributed by atoms with Gasteiger partial charge >= 0.3 is 0 Å². The number of nitrogens with zero attached hydrogens (tertiary/aromatic N) is 2. The molecule has 0 saturated carbocycles. The van der Waals surface area contributed by atoms with E-state index in [0.717, 1.165) is 4.88 Å². The van der Waals surface area contributed by atoms with Crippen molar-refractivity contribution in [2.24, 2.45) is 0 Å². The molecule has 0 N–H and O–H groups in total. The van der Waals surface area contributed by atoms with Gasteiger partial charge in [0.15, 0.2) is 0 Å². The average molecular weight is 350 g/mol. The van der Waals surface area contributed by atoms with Crippen LogP contribution in [-0.4, -0.2) is 10.9 Å². The van der Waals surface area contributed by atoms with Crippen LogP contribution in [0.1, 0.15) is 41.6 Å². The van der Waals surface area contributed by atoms with Gasteiger partial charge in [0.05, 0.1) is 6.54 Å². The minimum atomic E-state index is -0.0347. The van der Waals surface area contributed by atoms with Crippen LogP contribution in [0.2, 0.25) is 0 Å². The van der Waals surface area contributed by atoms with Crippen molar-refractivity contribution in [3.8, 4) is 0 Å². The number of benzene rings is 1. The fourth-order valence-electron chi connectivity index (χ4n) is 2.60. The molecule has 0 saturated heterocycles. The van der Waals surface area contributed by atoms with Crippen LogP contribution in [0.15, 0.2) is 66.2 Å². The molecule has 0 unspecified atom stereocenters. The molecule has 0 atom stereocenters. The highest BCUT2D eigenvalue weighted by Gasteiger charge is 2.20. The lowest BCUT2D eigenvalue weighted by Gasteiger charge is -2.22. The number of carbonyl (C=O) groups excluding carboxylic acids is 1. The fourth-order valence-corrected chi connectivity index (χ4v) is 3.29. The SMILES string of the molecule is CC(C)(C)c1ccc(C(=O)N(Cc2cccs2)c2ccccn2)cc1. The lowest BCUT2D eigenvalue weighted by atomic mass is 9.86. The standard InChI is InChI=1S/C21H22N2OS/c1-21(2,3)17-11-9-16(10-12-17)20(24)23(15-18-7-6-14-25-18)19-8-4-5-13-22-19/h4-14H,15H2,1-3H3. The highest BCUT2D eigenvalue weighted by molar-refractivity contribution is 7.09. The van der Waals surface area contributed by atoms with E-state index in [-0.39, 0.29) is 11.3 Å². The van der Waals surface area contributed by atoms with Crippen LogP contribution in [-0.2, 0) is 12.0 Å². The summed E-state index contributed by atoms with van der Waals surface area (Å²) in [5, 5.41) is 2.02. The summed E-state index contributed by atoms with van der Waals surface area (Å²) >= 11 is 1.64. The summed E-state index contributed by atoms with van der Waals surface area (Å²) in [6.07, 6.45) is 1.72. The van der Waals surface area contributed by atoms with Crippen LogP contribution in [0.5, 0.6) is 0 Å². The zero-order chi connectivity index (χ0) is 17.9. The minimum absolute atomic E-state index is 0.0347. The zero-order valence-electron chi connectivity index (χ0n) is 14.8. The van der Waals surface area contributed by atoms with Gasteiger partial charge < -0.3 is 0 Å². The number of anilines is 1. The van der Waals surface area contributed by atoms with Crippen molar-refractivity contribution in [1.82, 2.24) is 4.98 Å². The molecule has 1 amide bonds. The van der Waals surface area contributed by atoms with Crippen LogP contribution < -0.4 is 4.90 Å². The monoisotopic (exact) mass is 350 g/mol. The lowest BCUT2D eigenvalue weighted by molar-refractivity contribution is 0.0984. The number of amides is 1. The Labute approximate surface area is 153 Å². The second kappa shape index (κ2) is 7.19. The summed E-state index contributed by atoms with van der Waals surface area (Å²) < 4.78 is 0. The predicted molar refractivity (Wildman–Crippen MR) is 104 cm³/mol. The minimum Gasteiger partial charge on any atom is -0.287 e. The molecule has 0 fully saturated rings. The van der Waals surface area contributed by atoms with E-state index in [4.69, 9.17) is 0 Å². The van der Waals surface area contributed by atoms with E-state index >= 15 is 0 Å². The Morgan fingerprint density at radius 1 is 1.04 bits per heavy atom. The molecule has 3 rings (SSSR count). The van der Waals surface area contributed by atoms with Gasteiger partial charge in [0.1, 0.15) is 5.82 Å². The summed E-state index contributed by atoms with van der Waals surface area (Å²) in [6.45, 7) is 7.02. The van der Waals surface area contributed by atoms with Gasteiger partial charge in [0, 0.05) is 16.6 Å². The Morgan fingerprint density at radius 2 is 1.80 bits per heavy atom. The summed E-state index contributed by atoms with van der Waals surface area (Å²) in [7, 11) is 0. The van der Waals surface area contributed by atoms with E-state index in [2.05, 4.69) is 25.8 Å². The highest BCUT2D eigenvalue weighted by atomic mass is 32.1. The molecule has 1 aromatic carbocycles. The second-order valence-electron chi connectivity index (χ2n) is 6.99. The first-order chi connectivity index (χ1) is 11.9. The third-order valence-electron chi connectivity index (χ3n) is 4.06. The van der Waals surface area contributed by atoms with Gasteiger partial charge in [0.25, 0.3) is 5.91 Å². The molecule has 0 aliphatic heterocycles. The average Bonchev–Trinajstić information content (AvgIpc) is 3.12. The molecular formula is C21H22N2OS. The molecule has 3 nitrogen and oxygen atoms in total. The van der Waals surface area contributed by atoms with Gasteiger partial charge in [0.2, 0.25) is 0 Å². The van der Waals surface area contributed by atoms with Crippen molar-refractivity contribution in [3.63, 3.8) is 0 Å². The first kappa shape index (κ1) is 17.4. The quantitative estimate of drug-likeness (QED) is 0.641. The van der Waals surface area contributed by atoms with Gasteiger partial charge in [-0.2, -0.15) is 0 Å². The topological polar surface area (TPSA) is 33.2 Å². The van der Waals surface area contributed by atoms with Crippen LogP contribution in [0, 0.1) is 0 Å². The number of pyridine rings is 1. The van der Waals surface area contributed by atoms with Gasteiger partial charge in [-0.15, -0.1) is 11.3 Å². The van der Waals surface area contributed by atoms with Crippen LogP contribution >= 0.6 is 11.3 Å². The lowest BCUT2D eigenvalue weighted by Crippen LogP contribution is -2.30. The van der Waals surface area contributed by atoms with E-state index in [1.54, 1.807) is 22.4 Å². The maximum atomic E-state index is 13.1. The Kier molecular flexibility index (Phi) is 5.00. The molecule has 2 heterocycles. The summed E-state index contributed by atoms with van der Waals surface area (Å²) in [4.78, 5) is 20.4. The number of carbonyl (C=O) groups is 1. The van der Waals surface area contributed by atoms with Gasteiger partial charge in [-0.05, 0) is 46.7 Å². The first-order valence-electron chi connectivity index (χ1n) is 8.31. The molecule has 0 spiro atoms. The van der Waals surface area contributed by atoms with E-state index < -0.39 is 0 Å². The van der Waals surface area contributed by atoms with Crippen LogP contribution in [0.3, 0.4) is 0 Å². The number of aromatic nitrogens is 1. The number of rotatable bonds is 4. The highest BCUT2D eigenvalue weighted by Crippen LogP contribution is 2.24. The molecule has 0 aliphatic carbocycles. The Hall–Kier alpha value is -2.46. The Balaban J connectivity index is 1.91. The van der Waals surface area contributed by atoms with E-state index in [1.165, 1.54) is 5.56 Å². The van der Waals surface area contributed by atoms with Crippen molar-refractivity contribution < 1.29 is 4.79 Å². The van der Waals surface area contributed by atoms with Crippen LogP contribution in [0.4, 0.5) is 5.82 Å². The van der Waals surface area contributed by atoms with E-state index in [9.17, 15) is 4.79 Å². The molecule has 3 aromatic rings. The summed E-state index contributed by atoms with van der Waals surface area (Å²) in [6, 6.07) is 17.6. The van der Waals surface area contributed by atoms with Crippen molar-refractivity contribution in [2.45, 2.75) is 32.7 Å². The number of hydrogen-bond acceptors (Lipinski definition) is 3. The number of thiophene rings is 1. The first-order valence-corrected chi connectivity index (χ1v) is 9.19. The third-order valence-corrected chi connectivity index (χ3v) is 4.92. The van der Waals surface area contributed by atoms with E-state index in [1.807, 2.05) is 60.0 Å². The molecule has 0 aliphatic rings. The van der Waals surface area contributed by atoms with Crippen molar-refractivity contribution >= 4 is 23.1 Å². The zero-order valence-corrected chi connectivity index (χ0v) is 15.6. The van der Waals surface area contributed by atoms with Crippen molar-refractivity contribution in [1.29, 1.82) is 0 Å². The van der Waals surface area contributed by atoms with Gasteiger partial charge in [-0.25, -0.2) is 4.98 Å². The number of hydrogen-bond donors (Lipinski definition) is 0. The second-order valence-corrected chi connectivity index (χ2v) is 8.02. The predicted octanol–water partition coefficient (Wildman–Crippen LogP) is 5.29. The molecule has 0 radical (unpaired) electrons. The Morgan fingerprint density at radius 3 is 2.36 bits per heavy atom. The largest absolute Gasteiger partial charge is 0.287 e. The van der Waals surface area contributed by atoms with Crippen LogP contribution in [0.25, 0.3) is 0 Å².